The molecule has 0 N–H and O–H groups in total. The fraction of sp³-hybridized carbons (Fsp3) is 0.400. The van der Waals surface area contributed by atoms with Gasteiger partial charge in [-0.2, -0.15) is 0 Å². The molecule has 3 heterocycles. The number of nitrogens with zero attached hydrogens (tertiary/aromatic N) is 2. The molecule has 0 saturated carbocycles. The van der Waals surface area contributed by atoms with Gasteiger partial charge in [-0.25, -0.2) is 0 Å². The van der Waals surface area contributed by atoms with Gasteiger partial charge in [0.2, 0.25) is 0 Å². The van der Waals surface area contributed by atoms with E-state index in [-0.39, 0.29) is 11.9 Å². The van der Waals surface area contributed by atoms with E-state index in [9.17, 15) is 4.79 Å². The van der Waals surface area contributed by atoms with Gasteiger partial charge in [-0.15, -0.1) is 0 Å². The van der Waals surface area contributed by atoms with Crippen LogP contribution in [-0.4, -0.2) is 41.9 Å². The van der Waals surface area contributed by atoms with E-state index >= 15 is 0 Å². The third kappa shape index (κ3) is 3.16. The molecule has 3 aromatic rings. The Hall–Kier alpha value is -2.59. The van der Waals surface area contributed by atoms with E-state index in [0.717, 1.165) is 37.3 Å². The van der Waals surface area contributed by atoms with Crippen molar-refractivity contribution in [1.82, 2.24) is 9.80 Å². The summed E-state index contributed by atoms with van der Waals surface area (Å²) in [6.07, 6.45) is 1.18. The average Bonchev–Trinajstić information content (AvgIpc) is 3.39. The maximum atomic E-state index is 13.7. The van der Waals surface area contributed by atoms with Crippen molar-refractivity contribution in [2.75, 3.05) is 26.2 Å². The number of benzene rings is 2. The van der Waals surface area contributed by atoms with Crippen LogP contribution in [0.25, 0.3) is 11.0 Å². The number of carbonyl (C=O) groups is 1. The number of para-hydroxylation sites is 1. The summed E-state index contributed by atoms with van der Waals surface area (Å²) in [5.74, 6) is 1.96. The zero-order valence-corrected chi connectivity index (χ0v) is 17.2. The number of likely N-dealkylation sites (tertiary alicyclic amines) is 2. The third-order valence-corrected chi connectivity index (χ3v) is 6.58. The maximum absolute atomic E-state index is 13.7. The second-order valence-electron chi connectivity index (χ2n) is 8.58. The number of amides is 1. The molecule has 29 heavy (non-hydrogen) atoms. The van der Waals surface area contributed by atoms with Crippen molar-refractivity contribution in [2.45, 2.75) is 26.3 Å². The number of fused-ring (bicyclic) bond motifs is 2. The molecule has 1 aromatic heterocycles. The molecule has 0 aliphatic carbocycles. The van der Waals surface area contributed by atoms with Gasteiger partial charge in [0, 0.05) is 30.9 Å². The van der Waals surface area contributed by atoms with Gasteiger partial charge in [0.15, 0.2) is 0 Å². The van der Waals surface area contributed by atoms with Gasteiger partial charge in [-0.1, -0.05) is 49.4 Å². The van der Waals surface area contributed by atoms with Crippen LogP contribution in [0.2, 0.25) is 0 Å². The molecule has 150 valence electrons. The van der Waals surface area contributed by atoms with Crippen LogP contribution in [-0.2, 0) is 0 Å². The molecule has 2 aromatic carbocycles. The Morgan fingerprint density at radius 3 is 2.69 bits per heavy atom. The standard InChI is InChI=1S/C25H28N2O2/c1-3-12-26-14-20-15-27(23(22(20)16-26)18-8-5-4-6-9-18)25(28)21-11-7-10-19-13-17(2)29-24(19)21/h4-11,13,20,22-23H,3,12,14-16H2,1-2H3/t20-,22-,23+/m0/s1. The lowest BCUT2D eigenvalue weighted by molar-refractivity contribution is 0.0702. The van der Waals surface area contributed by atoms with Gasteiger partial charge in [0.05, 0.1) is 11.6 Å². The molecule has 0 radical (unpaired) electrons. The smallest absolute Gasteiger partial charge is 0.258 e. The van der Waals surface area contributed by atoms with Crippen molar-refractivity contribution in [1.29, 1.82) is 0 Å². The van der Waals surface area contributed by atoms with Crippen molar-refractivity contribution in [3.63, 3.8) is 0 Å². The molecule has 0 unspecified atom stereocenters. The highest BCUT2D eigenvalue weighted by Gasteiger charge is 2.49. The zero-order chi connectivity index (χ0) is 20.0. The Bertz CT molecular complexity index is 1030. The molecule has 1 amide bonds. The van der Waals surface area contributed by atoms with Gasteiger partial charge in [-0.05, 0) is 43.5 Å². The van der Waals surface area contributed by atoms with Gasteiger partial charge in [0.25, 0.3) is 5.91 Å². The second-order valence-corrected chi connectivity index (χ2v) is 8.58. The lowest BCUT2D eigenvalue weighted by Gasteiger charge is -2.30. The maximum Gasteiger partial charge on any atom is 0.258 e. The fourth-order valence-corrected chi connectivity index (χ4v) is 5.44. The Morgan fingerprint density at radius 1 is 1.07 bits per heavy atom. The number of aryl methyl sites for hydroxylation is 1. The minimum Gasteiger partial charge on any atom is -0.461 e. The highest BCUT2D eigenvalue weighted by atomic mass is 16.3. The molecule has 2 aliphatic rings. The van der Waals surface area contributed by atoms with E-state index in [1.807, 2.05) is 37.3 Å². The summed E-state index contributed by atoms with van der Waals surface area (Å²) in [5.41, 5.74) is 2.64. The fourth-order valence-electron chi connectivity index (χ4n) is 5.44. The van der Waals surface area contributed by atoms with E-state index in [1.165, 1.54) is 12.0 Å². The monoisotopic (exact) mass is 388 g/mol. The predicted octanol–water partition coefficient (Wildman–Crippen LogP) is 4.90. The van der Waals surface area contributed by atoms with E-state index in [4.69, 9.17) is 4.42 Å². The number of carbonyl (C=O) groups excluding carboxylic acids is 1. The summed E-state index contributed by atoms with van der Waals surface area (Å²) in [4.78, 5) is 18.4. The van der Waals surface area contributed by atoms with E-state index in [0.29, 0.717) is 23.0 Å². The molecule has 0 spiro atoms. The van der Waals surface area contributed by atoms with Crippen LogP contribution < -0.4 is 0 Å². The van der Waals surface area contributed by atoms with E-state index in [1.54, 1.807) is 0 Å². The van der Waals surface area contributed by atoms with Crippen molar-refractivity contribution in [2.24, 2.45) is 11.8 Å². The number of rotatable bonds is 4. The van der Waals surface area contributed by atoms with Crippen LogP contribution in [0.4, 0.5) is 0 Å². The summed E-state index contributed by atoms with van der Waals surface area (Å²) >= 11 is 0. The Balaban J connectivity index is 1.52. The van der Waals surface area contributed by atoms with Crippen LogP contribution in [0.1, 0.15) is 41.1 Å². The molecule has 2 fully saturated rings. The summed E-state index contributed by atoms with van der Waals surface area (Å²) in [7, 11) is 0. The number of furan rings is 1. The summed E-state index contributed by atoms with van der Waals surface area (Å²) in [6, 6.07) is 18.6. The number of hydrogen-bond acceptors (Lipinski definition) is 3. The van der Waals surface area contributed by atoms with Crippen molar-refractivity contribution < 1.29 is 9.21 Å². The van der Waals surface area contributed by atoms with Crippen molar-refractivity contribution >= 4 is 16.9 Å². The predicted molar refractivity (Wildman–Crippen MR) is 115 cm³/mol. The molecule has 2 aliphatic heterocycles. The highest BCUT2D eigenvalue weighted by Crippen LogP contribution is 2.45. The summed E-state index contributed by atoms with van der Waals surface area (Å²) in [5, 5.41) is 0.998. The lowest BCUT2D eigenvalue weighted by Crippen LogP contribution is -2.36. The molecular formula is C25H28N2O2. The van der Waals surface area contributed by atoms with Gasteiger partial charge in [-0.3, -0.25) is 4.79 Å². The molecule has 5 rings (SSSR count). The van der Waals surface area contributed by atoms with Gasteiger partial charge in [0.1, 0.15) is 11.3 Å². The van der Waals surface area contributed by atoms with Crippen LogP contribution >= 0.6 is 0 Å². The molecule has 3 atom stereocenters. The van der Waals surface area contributed by atoms with Crippen molar-refractivity contribution in [3.8, 4) is 0 Å². The summed E-state index contributed by atoms with van der Waals surface area (Å²) < 4.78 is 5.91. The second kappa shape index (κ2) is 7.34. The van der Waals surface area contributed by atoms with Gasteiger partial charge < -0.3 is 14.2 Å². The first-order valence-corrected chi connectivity index (χ1v) is 10.7. The molecular weight excluding hydrogens is 360 g/mol. The third-order valence-electron chi connectivity index (χ3n) is 6.58. The zero-order valence-electron chi connectivity index (χ0n) is 17.2. The highest BCUT2D eigenvalue weighted by molar-refractivity contribution is 6.05. The van der Waals surface area contributed by atoms with Crippen LogP contribution in [0.5, 0.6) is 0 Å². The van der Waals surface area contributed by atoms with Crippen LogP contribution in [0, 0.1) is 18.8 Å². The largest absolute Gasteiger partial charge is 0.461 e. The Morgan fingerprint density at radius 2 is 1.90 bits per heavy atom. The molecule has 4 heteroatoms. The SMILES string of the molecule is CCCN1C[C@H]2CN(C(=O)c3cccc4cc(C)oc34)[C@H](c3ccccc3)[C@H]2C1. The number of hydrogen-bond donors (Lipinski definition) is 0. The first kappa shape index (κ1) is 18.4. The molecule has 2 saturated heterocycles. The minimum atomic E-state index is 0.0928. The lowest BCUT2D eigenvalue weighted by atomic mass is 9.89. The van der Waals surface area contributed by atoms with Gasteiger partial charge >= 0.3 is 0 Å². The van der Waals surface area contributed by atoms with E-state index in [2.05, 4.69) is 41.0 Å². The topological polar surface area (TPSA) is 36.7 Å². The molecule has 4 nitrogen and oxygen atoms in total. The first-order chi connectivity index (χ1) is 14.2. The minimum absolute atomic E-state index is 0.0928. The van der Waals surface area contributed by atoms with Crippen LogP contribution in [0.15, 0.2) is 59.0 Å². The van der Waals surface area contributed by atoms with Crippen molar-refractivity contribution in [3.05, 3.63) is 71.5 Å². The summed E-state index contributed by atoms with van der Waals surface area (Å²) in [6.45, 7) is 8.31. The first-order valence-electron chi connectivity index (χ1n) is 10.7. The normalized spacial score (nSPS) is 24.3. The Labute approximate surface area is 172 Å². The Kier molecular flexibility index (Phi) is 4.67. The van der Waals surface area contributed by atoms with Crippen LogP contribution in [0.3, 0.4) is 0 Å². The average molecular weight is 389 g/mol. The molecule has 0 bridgehead atoms. The van der Waals surface area contributed by atoms with E-state index < -0.39 is 0 Å². The quantitative estimate of drug-likeness (QED) is 0.638.